The lowest BCUT2D eigenvalue weighted by molar-refractivity contribution is 0.112. The van der Waals surface area contributed by atoms with Gasteiger partial charge in [0.05, 0.1) is 19.9 Å². The lowest BCUT2D eigenvalue weighted by atomic mass is 10.2. The molecule has 128 valence electrons. The van der Waals surface area contributed by atoms with E-state index in [1.807, 2.05) is 29.6 Å². The Hall–Kier alpha value is -2.86. The molecule has 1 heterocycles. The van der Waals surface area contributed by atoms with E-state index in [1.165, 1.54) is 0 Å². The first kappa shape index (κ1) is 17.0. The normalized spacial score (nSPS) is 10.3. The minimum absolute atomic E-state index is 0.323. The van der Waals surface area contributed by atoms with Crippen LogP contribution in [0.15, 0.2) is 47.8 Å². The van der Waals surface area contributed by atoms with Crippen molar-refractivity contribution in [1.29, 1.82) is 0 Å². The van der Waals surface area contributed by atoms with Crippen molar-refractivity contribution >= 4 is 17.6 Å². The Kier molecular flexibility index (Phi) is 5.30. The van der Waals surface area contributed by atoms with Gasteiger partial charge in [-0.05, 0) is 42.5 Å². The molecule has 0 aliphatic carbocycles. The molecular weight excluding hydrogens is 338 g/mol. The van der Waals surface area contributed by atoms with Crippen LogP contribution in [0.25, 0.3) is 10.6 Å². The van der Waals surface area contributed by atoms with Crippen LogP contribution >= 0.6 is 11.3 Å². The highest BCUT2D eigenvalue weighted by Gasteiger charge is 2.09. The number of aromatic nitrogens is 1. The van der Waals surface area contributed by atoms with Crippen LogP contribution in [0.1, 0.15) is 16.1 Å². The molecule has 6 heteroatoms. The molecule has 25 heavy (non-hydrogen) atoms. The molecule has 0 aliphatic rings. The van der Waals surface area contributed by atoms with E-state index in [-0.39, 0.29) is 0 Å². The highest BCUT2D eigenvalue weighted by Crippen LogP contribution is 2.30. The summed E-state index contributed by atoms with van der Waals surface area (Å²) >= 11 is 1.56. The molecule has 0 spiro atoms. The van der Waals surface area contributed by atoms with Crippen molar-refractivity contribution in [2.45, 2.75) is 6.61 Å². The Morgan fingerprint density at radius 3 is 2.52 bits per heavy atom. The van der Waals surface area contributed by atoms with Gasteiger partial charge in [0.25, 0.3) is 0 Å². The minimum Gasteiger partial charge on any atom is -0.497 e. The maximum atomic E-state index is 10.8. The molecule has 5 nitrogen and oxygen atoms in total. The zero-order chi connectivity index (χ0) is 17.6. The maximum absolute atomic E-state index is 10.8. The number of hydrogen-bond donors (Lipinski definition) is 0. The molecule has 0 amide bonds. The van der Waals surface area contributed by atoms with E-state index in [2.05, 4.69) is 4.98 Å². The lowest BCUT2D eigenvalue weighted by Gasteiger charge is -2.09. The predicted octanol–water partition coefficient (Wildman–Crippen LogP) is 4.22. The summed E-state index contributed by atoms with van der Waals surface area (Å²) in [5, 5.41) is 2.88. The second-order valence-electron chi connectivity index (χ2n) is 5.19. The fraction of sp³-hybridized carbons (Fsp3) is 0.158. The summed E-state index contributed by atoms with van der Waals surface area (Å²) in [6.45, 7) is 0.323. The van der Waals surface area contributed by atoms with E-state index in [9.17, 15) is 4.79 Å². The van der Waals surface area contributed by atoms with E-state index < -0.39 is 0 Å². The lowest BCUT2D eigenvalue weighted by Crippen LogP contribution is -1.98. The van der Waals surface area contributed by atoms with Gasteiger partial charge in [-0.25, -0.2) is 4.98 Å². The van der Waals surface area contributed by atoms with E-state index in [1.54, 1.807) is 43.8 Å². The van der Waals surface area contributed by atoms with E-state index in [0.717, 1.165) is 28.3 Å². The second-order valence-corrected chi connectivity index (χ2v) is 6.05. The highest BCUT2D eigenvalue weighted by atomic mass is 32.1. The van der Waals surface area contributed by atoms with Crippen LogP contribution in [0.2, 0.25) is 0 Å². The molecule has 0 N–H and O–H groups in total. The van der Waals surface area contributed by atoms with Crippen molar-refractivity contribution in [2.24, 2.45) is 0 Å². The topological polar surface area (TPSA) is 57.7 Å². The van der Waals surface area contributed by atoms with Crippen LogP contribution in [0.4, 0.5) is 0 Å². The molecule has 2 aromatic carbocycles. The number of thiazole rings is 1. The van der Waals surface area contributed by atoms with Crippen molar-refractivity contribution in [3.63, 3.8) is 0 Å². The van der Waals surface area contributed by atoms with Crippen molar-refractivity contribution < 1.29 is 19.0 Å². The van der Waals surface area contributed by atoms with Crippen LogP contribution < -0.4 is 14.2 Å². The van der Waals surface area contributed by atoms with Gasteiger partial charge in [0.15, 0.2) is 11.5 Å². The van der Waals surface area contributed by atoms with Crippen LogP contribution in [-0.2, 0) is 6.61 Å². The number of carbonyl (C=O) groups excluding carboxylic acids is 1. The Morgan fingerprint density at radius 2 is 1.84 bits per heavy atom. The molecule has 0 radical (unpaired) electrons. The monoisotopic (exact) mass is 355 g/mol. The molecule has 0 saturated carbocycles. The molecule has 3 rings (SSSR count). The molecule has 0 atom stereocenters. The fourth-order valence-electron chi connectivity index (χ4n) is 2.27. The summed E-state index contributed by atoms with van der Waals surface area (Å²) in [4.78, 5) is 15.4. The number of benzene rings is 2. The quantitative estimate of drug-likeness (QED) is 0.594. The number of carbonyl (C=O) groups is 1. The summed E-state index contributed by atoms with van der Waals surface area (Å²) in [7, 11) is 3.19. The SMILES string of the molecule is COc1ccc(-c2nc(COc3ccc(C=O)cc3OC)cs2)cc1. The summed E-state index contributed by atoms with van der Waals surface area (Å²) in [6, 6.07) is 12.8. The van der Waals surface area contributed by atoms with Crippen LogP contribution in [-0.4, -0.2) is 25.5 Å². The first-order valence-corrected chi connectivity index (χ1v) is 8.46. The van der Waals surface area contributed by atoms with Gasteiger partial charge in [-0.3, -0.25) is 4.79 Å². The summed E-state index contributed by atoms with van der Waals surface area (Å²) in [5.74, 6) is 1.91. The standard InChI is InChI=1S/C19H17NO4S/c1-22-16-6-4-14(5-7-16)19-20-15(12-25-19)11-24-17-8-3-13(10-21)9-18(17)23-2/h3-10,12H,11H2,1-2H3. The zero-order valence-electron chi connectivity index (χ0n) is 13.9. The van der Waals surface area contributed by atoms with Crippen molar-refractivity contribution in [3.8, 4) is 27.8 Å². The van der Waals surface area contributed by atoms with Crippen molar-refractivity contribution in [1.82, 2.24) is 4.98 Å². The second kappa shape index (κ2) is 7.81. The summed E-state index contributed by atoms with van der Waals surface area (Å²) in [6.07, 6.45) is 0.772. The highest BCUT2D eigenvalue weighted by molar-refractivity contribution is 7.13. The largest absolute Gasteiger partial charge is 0.497 e. The van der Waals surface area contributed by atoms with Gasteiger partial charge >= 0.3 is 0 Å². The van der Waals surface area contributed by atoms with Gasteiger partial charge in [-0.1, -0.05) is 0 Å². The van der Waals surface area contributed by atoms with E-state index in [4.69, 9.17) is 14.2 Å². The number of methoxy groups -OCH3 is 2. The predicted molar refractivity (Wildman–Crippen MR) is 96.8 cm³/mol. The number of aldehydes is 1. The van der Waals surface area contributed by atoms with Gasteiger partial charge in [0.2, 0.25) is 0 Å². The number of rotatable bonds is 7. The van der Waals surface area contributed by atoms with E-state index >= 15 is 0 Å². The minimum atomic E-state index is 0.323. The number of hydrogen-bond acceptors (Lipinski definition) is 6. The molecule has 0 aliphatic heterocycles. The maximum Gasteiger partial charge on any atom is 0.161 e. The smallest absolute Gasteiger partial charge is 0.161 e. The van der Waals surface area contributed by atoms with Crippen molar-refractivity contribution in [2.75, 3.05) is 14.2 Å². The van der Waals surface area contributed by atoms with Gasteiger partial charge in [-0.2, -0.15) is 0 Å². The zero-order valence-corrected chi connectivity index (χ0v) is 14.7. The molecular formula is C19H17NO4S. The fourth-order valence-corrected chi connectivity index (χ4v) is 3.08. The first-order chi connectivity index (χ1) is 12.2. The number of ether oxygens (including phenoxy) is 3. The summed E-state index contributed by atoms with van der Waals surface area (Å²) < 4.78 is 16.2. The van der Waals surface area contributed by atoms with Crippen LogP contribution in [0.3, 0.4) is 0 Å². The first-order valence-electron chi connectivity index (χ1n) is 7.58. The van der Waals surface area contributed by atoms with Crippen molar-refractivity contribution in [3.05, 3.63) is 59.1 Å². The average molecular weight is 355 g/mol. The molecule has 3 aromatic rings. The third kappa shape index (κ3) is 3.97. The molecule has 0 saturated heterocycles. The molecule has 0 bridgehead atoms. The van der Waals surface area contributed by atoms with Crippen LogP contribution in [0, 0.1) is 0 Å². The average Bonchev–Trinajstić information content (AvgIpc) is 3.15. The van der Waals surface area contributed by atoms with E-state index in [0.29, 0.717) is 23.7 Å². The van der Waals surface area contributed by atoms with Gasteiger partial charge in [0.1, 0.15) is 23.7 Å². The third-order valence-electron chi connectivity index (χ3n) is 3.59. The Morgan fingerprint density at radius 1 is 1.04 bits per heavy atom. The molecule has 0 unspecified atom stereocenters. The third-order valence-corrected chi connectivity index (χ3v) is 4.53. The number of nitrogens with zero attached hydrogens (tertiary/aromatic N) is 1. The molecule has 0 fully saturated rings. The Balaban J connectivity index is 1.70. The summed E-state index contributed by atoms with van der Waals surface area (Å²) in [5.41, 5.74) is 2.40. The van der Waals surface area contributed by atoms with Crippen LogP contribution in [0.5, 0.6) is 17.2 Å². The Bertz CT molecular complexity index is 858. The van der Waals surface area contributed by atoms with Gasteiger partial charge < -0.3 is 14.2 Å². The Labute approximate surface area is 149 Å². The van der Waals surface area contributed by atoms with Gasteiger partial charge in [0, 0.05) is 16.5 Å². The van der Waals surface area contributed by atoms with Gasteiger partial charge in [-0.15, -0.1) is 11.3 Å². The molecule has 1 aromatic heterocycles.